The topological polar surface area (TPSA) is 67.4 Å². The summed E-state index contributed by atoms with van der Waals surface area (Å²) in [6.45, 7) is 4.97. The van der Waals surface area contributed by atoms with E-state index in [1.165, 1.54) is 0 Å². The van der Waals surface area contributed by atoms with Crippen LogP contribution in [0.1, 0.15) is 29.8 Å². The Morgan fingerprint density at radius 1 is 1.12 bits per heavy atom. The van der Waals surface area contributed by atoms with E-state index < -0.39 is 6.04 Å². The molecule has 1 fully saturated rings. The first-order chi connectivity index (χ1) is 11.7. The number of carbonyl (C=O) groups excluding carboxylic acids is 2. The van der Waals surface area contributed by atoms with Crippen LogP contribution in [0.5, 0.6) is 5.75 Å². The number of benzene rings is 2. The molecule has 1 saturated heterocycles. The lowest BCUT2D eigenvalue weighted by atomic mass is 10.1. The molecule has 0 saturated carbocycles. The van der Waals surface area contributed by atoms with E-state index in [-0.39, 0.29) is 11.8 Å². The zero-order chi connectivity index (χ0) is 17.4. The number of β-lactam (4-membered cyclic amide) rings is 1. The molecule has 24 heavy (non-hydrogen) atoms. The van der Waals surface area contributed by atoms with Crippen molar-refractivity contribution in [3.05, 3.63) is 65.7 Å². The van der Waals surface area contributed by atoms with Gasteiger partial charge in [-0.2, -0.15) is 0 Å². The predicted octanol–water partition coefficient (Wildman–Crippen LogP) is 2.52. The van der Waals surface area contributed by atoms with E-state index in [1.807, 2.05) is 44.2 Å². The van der Waals surface area contributed by atoms with Gasteiger partial charge in [0.15, 0.2) is 0 Å². The van der Waals surface area contributed by atoms with Crippen molar-refractivity contribution in [2.45, 2.75) is 26.5 Å². The van der Waals surface area contributed by atoms with E-state index in [0.717, 1.165) is 5.56 Å². The highest BCUT2D eigenvalue weighted by molar-refractivity contribution is 5.99. The molecular weight excluding hydrogens is 304 g/mol. The van der Waals surface area contributed by atoms with E-state index >= 15 is 0 Å². The standard InChI is InChI=1S/C17H16N2O3.C2H6/c20-16(19-15-10-18-17(15)21)13-6-8-14(9-7-13)22-11-12-4-2-1-3-5-12;1-2/h1-9,15H,10-11H2,(H,18,21)(H,19,20);1-2H3. The van der Waals surface area contributed by atoms with Crippen molar-refractivity contribution >= 4 is 11.8 Å². The molecule has 1 aliphatic rings. The van der Waals surface area contributed by atoms with Gasteiger partial charge in [0, 0.05) is 12.1 Å². The van der Waals surface area contributed by atoms with Gasteiger partial charge in [-0.25, -0.2) is 0 Å². The van der Waals surface area contributed by atoms with E-state index in [1.54, 1.807) is 24.3 Å². The second-order valence-corrected chi connectivity index (χ2v) is 5.07. The smallest absolute Gasteiger partial charge is 0.251 e. The van der Waals surface area contributed by atoms with E-state index in [2.05, 4.69) is 10.6 Å². The third-order valence-corrected chi connectivity index (χ3v) is 3.47. The van der Waals surface area contributed by atoms with Crippen LogP contribution in [-0.4, -0.2) is 24.4 Å². The summed E-state index contributed by atoms with van der Waals surface area (Å²) in [5.74, 6) is 0.299. The predicted molar refractivity (Wildman–Crippen MR) is 92.8 cm³/mol. The first-order valence-electron chi connectivity index (χ1n) is 8.08. The fraction of sp³-hybridized carbons (Fsp3) is 0.263. The van der Waals surface area contributed by atoms with Crippen molar-refractivity contribution in [2.75, 3.05) is 6.54 Å². The molecule has 2 aromatic carbocycles. The van der Waals surface area contributed by atoms with Gasteiger partial charge >= 0.3 is 0 Å². The molecule has 5 heteroatoms. The summed E-state index contributed by atoms with van der Waals surface area (Å²) >= 11 is 0. The van der Waals surface area contributed by atoms with Gasteiger partial charge in [0.05, 0.1) is 0 Å². The van der Waals surface area contributed by atoms with E-state index in [9.17, 15) is 9.59 Å². The quantitative estimate of drug-likeness (QED) is 0.830. The molecule has 2 N–H and O–H groups in total. The lowest BCUT2D eigenvalue weighted by Crippen LogP contribution is -2.61. The Kier molecular flexibility index (Phi) is 6.37. The van der Waals surface area contributed by atoms with Gasteiger partial charge < -0.3 is 15.4 Å². The van der Waals surface area contributed by atoms with Crippen molar-refractivity contribution in [3.8, 4) is 5.75 Å². The van der Waals surface area contributed by atoms with E-state index in [4.69, 9.17) is 4.74 Å². The molecule has 2 aromatic rings. The highest BCUT2D eigenvalue weighted by atomic mass is 16.5. The number of nitrogens with one attached hydrogen (secondary N) is 2. The molecule has 0 radical (unpaired) electrons. The maximum absolute atomic E-state index is 12.0. The fourth-order valence-corrected chi connectivity index (χ4v) is 2.09. The molecule has 0 spiro atoms. The zero-order valence-corrected chi connectivity index (χ0v) is 13.9. The Bertz CT molecular complexity index is 669. The molecule has 0 aliphatic carbocycles. The number of hydrogen-bond donors (Lipinski definition) is 2. The third kappa shape index (κ3) is 4.59. The molecule has 1 atom stereocenters. The number of hydrogen-bond acceptors (Lipinski definition) is 3. The second kappa shape index (κ2) is 8.72. The lowest BCUT2D eigenvalue weighted by Gasteiger charge is -2.26. The van der Waals surface area contributed by atoms with Gasteiger partial charge in [-0.05, 0) is 29.8 Å². The normalized spacial score (nSPS) is 15.2. The van der Waals surface area contributed by atoms with Crippen LogP contribution in [0.4, 0.5) is 0 Å². The summed E-state index contributed by atoms with van der Waals surface area (Å²) in [5, 5.41) is 5.25. The van der Waals surface area contributed by atoms with Crippen LogP contribution in [-0.2, 0) is 11.4 Å². The Balaban J connectivity index is 0.00000100. The Morgan fingerprint density at radius 3 is 2.33 bits per heavy atom. The molecule has 1 unspecified atom stereocenters. The summed E-state index contributed by atoms with van der Waals surface area (Å²) in [5.41, 5.74) is 1.59. The van der Waals surface area contributed by atoms with Crippen LogP contribution in [0.2, 0.25) is 0 Å². The summed E-state index contributed by atoms with van der Waals surface area (Å²) in [7, 11) is 0. The average Bonchev–Trinajstić information content (AvgIpc) is 2.66. The molecule has 0 aromatic heterocycles. The SMILES string of the molecule is CC.O=C(NC1CNC1=O)c1ccc(OCc2ccccc2)cc1. The first-order valence-corrected chi connectivity index (χ1v) is 8.08. The highest BCUT2D eigenvalue weighted by Gasteiger charge is 2.29. The van der Waals surface area contributed by atoms with Crippen molar-refractivity contribution in [1.29, 1.82) is 0 Å². The highest BCUT2D eigenvalue weighted by Crippen LogP contribution is 2.14. The minimum Gasteiger partial charge on any atom is -0.489 e. The molecular formula is C19H22N2O3. The number of rotatable bonds is 5. The largest absolute Gasteiger partial charge is 0.489 e. The fourth-order valence-electron chi connectivity index (χ4n) is 2.09. The van der Waals surface area contributed by atoms with Crippen molar-refractivity contribution in [3.63, 3.8) is 0 Å². The van der Waals surface area contributed by atoms with Gasteiger partial charge in [0.1, 0.15) is 18.4 Å². The Morgan fingerprint density at radius 2 is 1.79 bits per heavy atom. The number of ether oxygens (including phenoxy) is 1. The monoisotopic (exact) mass is 326 g/mol. The molecule has 2 amide bonds. The van der Waals surface area contributed by atoms with Crippen LogP contribution in [0.15, 0.2) is 54.6 Å². The van der Waals surface area contributed by atoms with Gasteiger partial charge in [0.25, 0.3) is 5.91 Å². The molecule has 126 valence electrons. The number of carbonyl (C=O) groups is 2. The van der Waals surface area contributed by atoms with Gasteiger partial charge in [-0.1, -0.05) is 44.2 Å². The first kappa shape index (κ1) is 17.5. The Hall–Kier alpha value is -2.82. The summed E-state index contributed by atoms with van der Waals surface area (Å²) < 4.78 is 5.66. The van der Waals surface area contributed by atoms with Crippen molar-refractivity contribution in [2.24, 2.45) is 0 Å². The average molecular weight is 326 g/mol. The maximum atomic E-state index is 12.0. The summed E-state index contributed by atoms with van der Waals surface area (Å²) in [4.78, 5) is 23.1. The van der Waals surface area contributed by atoms with Crippen LogP contribution in [0.3, 0.4) is 0 Å². The van der Waals surface area contributed by atoms with Crippen LogP contribution in [0.25, 0.3) is 0 Å². The lowest BCUT2D eigenvalue weighted by molar-refractivity contribution is -0.128. The summed E-state index contributed by atoms with van der Waals surface area (Å²) in [6, 6.07) is 16.3. The Labute approximate surface area is 142 Å². The van der Waals surface area contributed by atoms with E-state index in [0.29, 0.717) is 24.5 Å². The number of amides is 2. The summed E-state index contributed by atoms with van der Waals surface area (Å²) in [6.07, 6.45) is 0. The third-order valence-electron chi connectivity index (χ3n) is 3.47. The minimum atomic E-state index is -0.415. The van der Waals surface area contributed by atoms with Crippen LogP contribution < -0.4 is 15.4 Å². The maximum Gasteiger partial charge on any atom is 0.251 e. The molecule has 1 heterocycles. The van der Waals surface area contributed by atoms with Gasteiger partial charge in [0.2, 0.25) is 5.91 Å². The molecule has 1 aliphatic heterocycles. The molecule has 3 rings (SSSR count). The second-order valence-electron chi connectivity index (χ2n) is 5.07. The van der Waals surface area contributed by atoms with Crippen LogP contribution in [0, 0.1) is 0 Å². The van der Waals surface area contributed by atoms with Crippen molar-refractivity contribution in [1.82, 2.24) is 10.6 Å². The zero-order valence-electron chi connectivity index (χ0n) is 13.9. The molecule has 0 bridgehead atoms. The van der Waals surface area contributed by atoms with Gasteiger partial charge in [-0.3, -0.25) is 9.59 Å². The molecule has 5 nitrogen and oxygen atoms in total. The minimum absolute atomic E-state index is 0.142. The van der Waals surface area contributed by atoms with Gasteiger partial charge in [-0.15, -0.1) is 0 Å². The van der Waals surface area contributed by atoms with Crippen molar-refractivity contribution < 1.29 is 14.3 Å². The van der Waals surface area contributed by atoms with Crippen LogP contribution >= 0.6 is 0 Å².